The van der Waals surface area contributed by atoms with Crippen LogP contribution in [0.15, 0.2) is 21.7 Å². The lowest BCUT2D eigenvalue weighted by Gasteiger charge is -2.02. The summed E-state index contributed by atoms with van der Waals surface area (Å²) in [4.78, 5) is 4.99. The Morgan fingerprint density at radius 3 is 2.72 bits per heavy atom. The summed E-state index contributed by atoms with van der Waals surface area (Å²) < 4.78 is 26.3. The molecule has 18 heavy (non-hydrogen) atoms. The average molecular weight is 304 g/mol. The van der Waals surface area contributed by atoms with Crippen molar-refractivity contribution in [2.75, 3.05) is 0 Å². The third-order valence-corrected chi connectivity index (χ3v) is 5.48. The van der Waals surface area contributed by atoms with Gasteiger partial charge in [-0.15, -0.1) is 22.7 Å². The van der Waals surface area contributed by atoms with Gasteiger partial charge in [0.2, 0.25) is 10.0 Å². The Kier molecular flexibility index (Phi) is 4.13. The molecule has 5 nitrogen and oxygen atoms in total. The Hall–Kier alpha value is -0.800. The molecule has 2 aromatic heterocycles. The summed E-state index contributed by atoms with van der Waals surface area (Å²) in [5, 5.41) is 13.2. The van der Waals surface area contributed by atoms with E-state index in [1.165, 1.54) is 34.1 Å². The van der Waals surface area contributed by atoms with Crippen LogP contribution in [0.2, 0.25) is 0 Å². The van der Waals surface area contributed by atoms with E-state index in [0.717, 1.165) is 5.01 Å². The first-order valence-corrected chi connectivity index (χ1v) is 8.34. The van der Waals surface area contributed by atoms with E-state index in [1.54, 1.807) is 0 Å². The molecule has 8 heteroatoms. The topological polar surface area (TPSA) is 79.3 Å². The number of aromatic nitrogens is 1. The Balaban J connectivity index is 2.07. The molecule has 0 saturated carbocycles. The molecule has 0 fully saturated rings. The van der Waals surface area contributed by atoms with E-state index in [0.29, 0.717) is 10.6 Å². The minimum absolute atomic E-state index is 0.147. The van der Waals surface area contributed by atoms with Crippen LogP contribution in [-0.2, 0) is 23.2 Å². The first-order valence-electron chi connectivity index (χ1n) is 5.10. The number of aliphatic hydroxyl groups is 1. The van der Waals surface area contributed by atoms with Crippen molar-refractivity contribution in [3.63, 3.8) is 0 Å². The predicted molar refractivity (Wildman–Crippen MR) is 71.1 cm³/mol. The molecule has 98 valence electrons. The van der Waals surface area contributed by atoms with Crippen LogP contribution in [0.25, 0.3) is 0 Å². The van der Waals surface area contributed by atoms with Crippen LogP contribution in [-0.4, -0.2) is 18.5 Å². The minimum atomic E-state index is -3.52. The molecule has 0 atom stereocenters. The van der Waals surface area contributed by atoms with Crippen LogP contribution in [0, 0.1) is 6.92 Å². The third-order valence-electron chi connectivity index (χ3n) is 2.21. The standard InChI is InChI=1S/C10H12N2O3S3/c1-7-12-8(5-16-7)3-11-18(14,15)10-2-9(4-13)17-6-10/h2,5-6,11,13H,3-4H2,1H3. The van der Waals surface area contributed by atoms with Crippen LogP contribution in [0.4, 0.5) is 0 Å². The quantitative estimate of drug-likeness (QED) is 0.877. The average Bonchev–Trinajstić information content (AvgIpc) is 2.95. The summed E-state index contributed by atoms with van der Waals surface area (Å²) in [5.41, 5.74) is 0.707. The van der Waals surface area contributed by atoms with Gasteiger partial charge in [-0.2, -0.15) is 0 Å². The van der Waals surface area contributed by atoms with Crippen molar-refractivity contribution in [3.05, 3.63) is 32.4 Å². The van der Waals surface area contributed by atoms with E-state index in [2.05, 4.69) is 9.71 Å². The highest BCUT2D eigenvalue weighted by molar-refractivity contribution is 7.89. The number of hydrogen-bond donors (Lipinski definition) is 2. The fraction of sp³-hybridized carbons (Fsp3) is 0.300. The number of nitrogens with one attached hydrogen (secondary N) is 1. The number of thiophene rings is 1. The molecule has 2 rings (SSSR count). The maximum Gasteiger partial charge on any atom is 0.241 e. The summed E-state index contributed by atoms with van der Waals surface area (Å²) in [7, 11) is -3.52. The van der Waals surface area contributed by atoms with E-state index in [4.69, 9.17) is 5.11 Å². The van der Waals surface area contributed by atoms with Crippen molar-refractivity contribution in [1.29, 1.82) is 0 Å². The fourth-order valence-electron chi connectivity index (χ4n) is 1.33. The van der Waals surface area contributed by atoms with Gasteiger partial charge in [-0.3, -0.25) is 0 Å². The second-order valence-corrected chi connectivity index (χ2v) is 7.41. The van der Waals surface area contributed by atoms with Gasteiger partial charge in [-0.25, -0.2) is 18.1 Å². The summed E-state index contributed by atoms with van der Waals surface area (Å²) in [5.74, 6) is 0. The normalized spacial score (nSPS) is 11.9. The van der Waals surface area contributed by atoms with Gasteiger partial charge < -0.3 is 5.11 Å². The number of aliphatic hydroxyl groups excluding tert-OH is 1. The van der Waals surface area contributed by atoms with Gasteiger partial charge in [0.1, 0.15) is 0 Å². The van der Waals surface area contributed by atoms with Crippen LogP contribution in [0.5, 0.6) is 0 Å². The largest absolute Gasteiger partial charge is 0.391 e. The molecule has 2 aromatic rings. The van der Waals surface area contributed by atoms with Crippen molar-refractivity contribution in [3.8, 4) is 0 Å². The van der Waals surface area contributed by atoms with Gasteiger partial charge in [-0.1, -0.05) is 0 Å². The molecule has 0 aliphatic carbocycles. The maximum atomic E-state index is 11.9. The Labute approximate surface area is 113 Å². The summed E-state index contributed by atoms with van der Waals surface area (Å²) in [6.45, 7) is 1.90. The molecule has 0 aromatic carbocycles. The van der Waals surface area contributed by atoms with Crippen molar-refractivity contribution in [1.82, 2.24) is 9.71 Å². The lowest BCUT2D eigenvalue weighted by atomic mass is 10.5. The molecule has 0 radical (unpaired) electrons. The summed E-state index contributed by atoms with van der Waals surface area (Å²) in [6, 6.07) is 1.47. The molecular weight excluding hydrogens is 292 g/mol. The van der Waals surface area contributed by atoms with Crippen molar-refractivity contribution in [2.45, 2.75) is 25.0 Å². The number of hydrogen-bond acceptors (Lipinski definition) is 6. The SMILES string of the molecule is Cc1nc(CNS(=O)(=O)c2csc(CO)c2)cs1. The zero-order valence-corrected chi connectivity index (χ0v) is 12.0. The predicted octanol–water partition coefficient (Wildman–Crippen LogP) is 1.48. The molecule has 0 aliphatic heterocycles. The second-order valence-electron chi connectivity index (χ2n) is 3.59. The Morgan fingerprint density at radius 2 is 2.17 bits per heavy atom. The monoisotopic (exact) mass is 304 g/mol. The Bertz CT molecular complexity index is 630. The van der Waals surface area contributed by atoms with E-state index < -0.39 is 10.0 Å². The van der Waals surface area contributed by atoms with Gasteiger partial charge in [0.15, 0.2) is 0 Å². The third kappa shape index (κ3) is 3.15. The number of thiazole rings is 1. The lowest BCUT2D eigenvalue weighted by molar-refractivity contribution is 0.285. The molecule has 0 saturated heterocycles. The smallest absolute Gasteiger partial charge is 0.241 e. The highest BCUT2D eigenvalue weighted by atomic mass is 32.2. The van der Waals surface area contributed by atoms with Gasteiger partial charge in [0.25, 0.3) is 0 Å². The van der Waals surface area contributed by atoms with Gasteiger partial charge in [0, 0.05) is 15.6 Å². The van der Waals surface area contributed by atoms with E-state index in [-0.39, 0.29) is 18.0 Å². The van der Waals surface area contributed by atoms with Gasteiger partial charge in [0.05, 0.1) is 28.7 Å². The molecule has 0 bridgehead atoms. The first kappa shape index (κ1) is 13.6. The lowest BCUT2D eigenvalue weighted by Crippen LogP contribution is -2.22. The van der Waals surface area contributed by atoms with Crippen molar-refractivity contribution in [2.24, 2.45) is 0 Å². The van der Waals surface area contributed by atoms with E-state index in [1.807, 2.05) is 12.3 Å². The van der Waals surface area contributed by atoms with Crippen LogP contribution in [0.1, 0.15) is 15.6 Å². The summed E-state index contributed by atoms with van der Waals surface area (Å²) in [6.07, 6.45) is 0. The molecule has 0 spiro atoms. The number of rotatable bonds is 5. The number of nitrogens with zero attached hydrogens (tertiary/aromatic N) is 1. The molecule has 2 heterocycles. The fourth-order valence-corrected chi connectivity index (χ4v) is 4.07. The van der Waals surface area contributed by atoms with Crippen LogP contribution >= 0.6 is 22.7 Å². The van der Waals surface area contributed by atoms with E-state index in [9.17, 15) is 8.42 Å². The molecule has 2 N–H and O–H groups in total. The van der Waals surface area contributed by atoms with Gasteiger partial charge in [-0.05, 0) is 13.0 Å². The first-order chi connectivity index (χ1) is 8.51. The minimum Gasteiger partial charge on any atom is -0.391 e. The number of aryl methyl sites for hydroxylation is 1. The molecule has 0 aliphatic rings. The van der Waals surface area contributed by atoms with Crippen LogP contribution < -0.4 is 4.72 Å². The van der Waals surface area contributed by atoms with Crippen molar-refractivity contribution < 1.29 is 13.5 Å². The van der Waals surface area contributed by atoms with Gasteiger partial charge >= 0.3 is 0 Å². The van der Waals surface area contributed by atoms with Crippen LogP contribution in [0.3, 0.4) is 0 Å². The maximum absolute atomic E-state index is 11.9. The highest BCUT2D eigenvalue weighted by Crippen LogP contribution is 2.19. The molecule has 0 amide bonds. The van der Waals surface area contributed by atoms with Crippen molar-refractivity contribution >= 4 is 32.7 Å². The van der Waals surface area contributed by atoms with E-state index >= 15 is 0 Å². The zero-order valence-electron chi connectivity index (χ0n) is 9.58. The second kappa shape index (κ2) is 5.45. The molecular formula is C10H12N2O3S3. The highest BCUT2D eigenvalue weighted by Gasteiger charge is 2.16. The zero-order chi connectivity index (χ0) is 13.2. The molecule has 0 unspecified atom stereocenters. The number of sulfonamides is 1. The Morgan fingerprint density at radius 1 is 1.39 bits per heavy atom. The summed E-state index contributed by atoms with van der Waals surface area (Å²) >= 11 is 2.70.